The molecule has 0 aliphatic carbocycles. The quantitative estimate of drug-likeness (QED) is 0.0977. The van der Waals surface area contributed by atoms with Gasteiger partial charge in [0.2, 0.25) is 0 Å². The van der Waals surface area contributed by atoms with Gasteiger partial charge in [-0.15, -0.1) is 17.9 Å². The fourth-order valence-electron chi connectivity index (χ4n) is 6.22. The van der Waals surface area contributed by atoms with Gasteiger partial charge in [-0.3, -0.25) is 0 Å². The summed E-state index contributed by atoms with van der Waals surface area (Å²) in [4.78, 5) is 26.8. The van der Waals surface area contributed by atoms with Crippen LogP contribution >= 0.6 is 11.3 Å². The molecule has 0 N–H and O–H groups in total. The molecule has 3 aromatic heterocycles. The number of carbonyl (C=O) groups is 1. The van der Waals surface area contributed by atoms with Gasteiger partial charge in [0, 0.05) is 42.3 Å². The standard InChI is InChI=1S/C38H49N5O4S/c1-9-12-17-38(8)18-20-42(21-19-38)35-32(33(36(44)45-11-3)47-37(5,6)7)26(4)40-31-24-29(41-43(31)35)34-39-25-28(48-34)23-27-15-13-14-16-30(27)46-22-10-2/h9-10,13-16,24-25,33H,1-2,11-12,17-23H2,3-8H3. The van der Waals surface area contributed by atoms with Crippen LogP contribution in [0.15, 0.2) is 61.8 Å². The third kappa shape index (κ3) is 8.15. The summed E-state index contributed by atoms with van der Waals surface area (Å²) in [7, 11) is 0. The van der Waals surface area contributed by atoms with Crippen LogP contribution in [0, 0.1) is 12.3 Å². The van der Waals surface area contributed by atoms with Gasteiger partial charge in [-0.05, 0) is 77.3 Å². The van der Waals surface area contributed by atoms with Gasteiger partial charge in [-0.1, -0.05) is 43.9 Å². The van der Waals surface area contributed by atoms with Crippen LogP contribution in [0.25, 0.3) is 16.3 Å². The fraction of sp³-hybridized carbons (Fsp3) is 0.474. The van der Waals surface area contributed by atoms with E-state index >= 15 is 0 Å². The first kappa shape index (κ1) is 35.3. The Morgan fingerprint density at radius 2 is 1.92 bits per heavy atom. The molecule has 0 bridgehead atoms. The number of hydrogen-bond donors (Lipinski definition) is 0. The maximum Gasteiger partial charge on any atom is 0.340 e. The number of rotatable bonds is 14. The van der Waals surface area contributed by atoms with Crippen molar-refractivity contribution in [3.8, 4) is 16.5 Å². The zero-order valence-corrected chi connectivity index (χ0v) is 30.1. The Labute approximate surface area is 288 Å². The van der Waals surface area contributed by atoms with Gasteiger partial charge in [0.05, 0.1) is 17.8 Å². The molecule has 1 fully saturated rings. The minimum absolute atomic E-state index is 0.219. The maximum absolute atomic E-state index is 13.6. The lowest BCUT2D eigenvalue weighted by molar-refractivity contribution is -0.166. The molecule has 1 aromatic carbocycles. The van der Waals surface area contributed by atoms with Crippen molar-refractivity contribution in [3.05, 3.63) is 83.5 Å². The van der Waals surface area contributed by atoms with Crippen molar-refractivity contribution in [2.24, 2.45) is 5.41 Å². The van der Waals surface area contributed by atoms with Crippen molar-refractivity contribution in [2.45, 2.75) is 85.4 Å². The van der Waals surface area contributed by atoms with Gasteiger partial charge in [-0.2, -0.15) is 9.61 Å². The van der Waals surface area contributed by atoms with Gasteiger partial charge < -0.3 is 19.1 Å². The van der Waals surface area contributed by atoms with Crippen LogP contribution in [0.5, 0.6) is 5.75 Å². The van der Waals surface area contributed by atoms with E-state index in [1.807, 2.05) is 75.7 Å². The Kier molecular flexibility index (Phi) is 11.1. The predicted molar refractivity (Wildman–Crippen MR) is 193 cm³/mol. The van der Waals surface area contributed by atoms with Crippen LogP contribution in [0.1, 0.15) is 88.1 Å². The second-order valence-electron chi connectivity index (χ2n) is 13.7. The number of hydrogen-bond acceptors (Lipinski definition) is 9. The first-order chi connectivity index (χ1) is 22.9. The van der Waals surface area contributed by atoms with Crippen LogP contribution < -0.4 is 9.64 Å². The number of para-hydroxylation sites is 1. The monoisotopic (exact) mass is 671 g/mol. The van der Waals surface area contributed by atoms with E-state index in [1.165, 1.54) is 0 Å². The van der Waals surface area contributed by atoms with E-state index in [9.17, 15) is 4.79 Å². The summed E-state index contributed by atoms with van der Waals surface area (Å²) in [5.74, 6) is 1.23. The first-order valence-electron chi connectivity index (χ1n) is 16.8. The van der Waals surface area contributed by atoms with Crippen molar-refractivity contribution >= 4 is 28.8 Å². The predicted octanol–water partition coefficient (Wildman–Crippen LogP) is 8.31. The van der Waals surface area contributed by atoms with Gasteiger partial charge in [0.25, 0.3) is 0 Å². The summed E-state index contributed by atoms with van der Waals surface area (Å²) in [5, 5.41) is 5.91. The molecule has 9 nitrogen and oxygen atoms in total. The third-order valence-corrected chi connectivity index (χ3v) is 9.75. The smallest absolute Gasteiger partial charge is 0.340 e. The SMILES string of the molecule is C=CCCC1(C)CCN(c2c(C(OC(C)(C)C)C(=O)OCC)c(C)nc3cc(-c4ncc(Cc5ccccc5OCC=C)s4)nn23)CC1. The molecule has 48 heavy (non-hydrogen) atoms. The summed E-state index contributed by atoms with van der Waals surface area (Å²) in [6.45, 7) is 22.0. The molecule has 0 radical (unpaired) electrons. The van der Waals surface area contributed by atoms with Crippen LogP contribution in [0.3, 0.4) is 0 Å². The lowest BCUT2D eigenvalue weighted by Crippen LogP contribution is -2.41. The van der Waals surface area contributed by atoms with E-state index in [0.29, 0.717) is 29.9 Å². The van der Waals surface area contributed by atoms with E-state index in [0.717, 1.165) is 71.5 Å². The van der Waals surface area contributed by atoms with Gasteiger partial charge in [0.1, 0.15) is 28.9 Å². The van der Waals surface area contributed by atoms with Crippen LogP contribution in [-0.2, 0) is 20.7 Å². The fourth-order valence-corrected chi connectivity index (χ4v) is 7.11. The number of anilines is 1. The summed E-state index contributed by atoms with van der Waals surface area (Å²) in [5.41, 5.74) is 3.52. The molecule has 1 atom stereocenters. The van der Waals surface area contributed by atoms with Crippen molar-refractivity contribution in [3.63, 3.8) is 0 Å². The molecule has 10 heteroatoms. The topological polar surface area (TPSA) is 91.1 Å². The number of carbonyl (C=O) groups excluding carboxylic acids is 1. The average Bonchev–Trinajstić information content (AvgIpc) is 3.69. The molecule has 1 aliphatic rings. The average molecular weight is 672 g/mol. The molecule has 4 heterocycles. The molecule has 5 rings (SSSR count). The van der Waals surface area contributed by atoms with E-state index < -0.39 is 17.7 Å². The van der Waals surface area contributed by atoms with Crippen molar-refractivity contribution in [2.75, 3.05) is 31.2 Å². The van der Waals surface area contributed by atoms with Crippen LogP contribution in [0.2, 0.25) is 0 Å². The number of fused-ring (bicyclic) bond motifs is 1. The molecule has 1 saturated heterocycles. The number of benzene rings is 1. The highest BCUT2D eigenvalue weighted by Crippen LogP contribution is 2.41. The highest BCUT2D eigenvalue weighted by Gasteiger charge is 2.38. The van der Waals surface area contributed by atoms with Crippen molar-refractivity contribution in [1.82, 2.24) is 19.6 Å². The molecule has 1 unspecified atom stereocenters. The van der Waals surface area contributed by atoms with E-state index in [2.05, 4.69) is 31.0 Å². The number of esters is 1. The van der Waals surface area contributed by atoms with Crippen molar-refractivity contribution < 1.29 is 19.0 Å². The maximum atomic E-state index is 13.6. The second-order valence-corrected chi connectivity index (χ2v) is 14.9. The van der Waals surface area contributed by atoms with Crippen molar-refractivity contribution in [1.29, 1.82) is 0 Å². The molecular weight excluding hydrogens is 623 g/mol. The number of allylic oxidation sites excluding steroid dienone is 1. The molecule has 0 saturated carbocycles. The normalized spacial score (nSPS) is 15.3. The molecule has 0 amide bonds. The highest BCUT2D eigenvalue weighted by atomic mass is 32.1. The minimum Gasteiger partial charge on any atom is -0.489 e. The lowest BCUT2D eigenvalue weighted by Gasteiger charge is -2.41. The highest BCUT2D eigenvalue weighted by molar-refractivity contribution is 7.15. The Bertz CT molecular complexity index is 1750. The molecule has 0 spiro atoms. The molecule has 4 aromatic rings. The Morgan fingerprint density at radius 3 is 2.60 bits per heavy atom. The minimum atomic E-state index is -0.964. The number of aromatic nitrogens is 4. The summed E-state index contributed by atoms with van der Waals surface area (Å²) in [6, 6.07) is 10.0. The van der Waals surface area contributed by atoms with Gasteiger partial charge >= 0.3 is 5.97 Å². The van der Waals surface area contributed by atoms with Gasteiger partial charge in [0.15, 0.2) is 11.8 Å². The van der Waals surface area contributed by atoms with E-state index in [-0.39, 0.29) is 12.0 Å². The van der Waals surface area contributed by atoms with E-state index in [1.54, 1.807) is 17.4 Å². The van der Waals surface area contributed by atoms with Gasteiger partial charge in [-0.25, -0.2) is 14.8 Å². The molecule has 1 aliphatic heterocycles. The largest absolute Gasteiger partial charge is 0.489 e. The molecular formula is C38H49N5O4S. The number of thiazole rings is 1. The summed E-state index contributed by atoms with van der Waals surface area (Å²) in [6.07, 6.45) is 9.50. The van der Waals surface area contributed by atoms with E-state index in [4.69, 9.17) is 29.3 Å². The zero-order valence-electron chi connectivity index (χ0n) is 29.3. The number of piperidine rings is 1. The molecule has 256 valence electrons. The second kappa shape index (κ2) is 15.0. The lowest BCUT2D eigenvalue weighted by atomic mass is 9.76. The first-order valence-corrected chi connectivity index (χ1v) is 17.6. The number of ether oxygens (including phenoxy) is 3. The van der Waals surface area contributed by atoms with Crippen LogP contribution in [0.4, 0.5) is 5.82 Å². The zero-order chi connectivity index (χ0) is 34.5. The number of nitrogens with zero attached hydrogens (tertiary/aromatic N) is 5. The summed E-state index contributed by atoms with van der Waals surface area (Å²) >= 11 is 1.60. The Hall–Kier alpha value is -4.02. The van der Waals surface area contributed by atoms with Crippen LogP contribution in [-0.4, -0.2) is 57.5 Å². The number of aryl methyl sites for hydroxylation is 1. The Morgan fingerprint density at radius 1 is 1.17 bits per heavy atom. The summed E-state index contributed by atoms with van der Waals surface area (Å²) < 4.78 is 19.8. The Balaban J connectivity index is 1.57. The third-order valence-electron chi connectivity index (χ3n) is 8.73.